The molecule has 3 aliphatic heterocycles. The minimum absolute atomic E-state index is 0.0893. The van der Waals surface area contributed by atoms with E-state index in [1.165, 1.54) is 4.90 Å². The molecule has 0 aliphatic carbocycles. The number of guanidine groups is 1. The van der Waals surface area contributed by atoms with Crippen LogP contribution >= 0.6 is 0 Å². The first-order valence-electron chi connectivity index (χ1n) is 11.1. The number of hydrogen-bond donors (Lipinski definition) is 2. The molecule has 1 aromatic rings. The quantitative estimate of drug-likeness (QED) is 0.633. The first-order chi connectivity index (χ1) is 15.4. The van der Waals surface area contributed by atoms with Gasteiger partial charge in [-0.1, -0.05) is 25.1 Å². The smallest absolute Gasteiger partial charge is 0.325 e. The van der Waals surface area contributed by atoms with Crippen LogP contribution in [0.1, 0.15) is 12.5 Å². The van der Waals surface area contributed by atoms with Gasteiger partial charge in [-0.05, 0) is 25.1 Å². The van der Waals surface area contributed by atoms with Crippen LogP contribution in [0.3, 0.4) is 0 Å². The van der Waals surface area contributed by atoms with Gasteiger partial charge in [-0.25, -0.2) is 9.79 Å². The average Bonchev–Trinajstić information content (AvgIpc) is 3.17. The SMILES string of the molecule is CCN1CCN(C2=NC3C(C(=O)NC(=O)N3C)N2CC(O)COc2ccccc2C)CC1. The zero-order chi connectivity index (χ0) is 22.8. The number of aliphatic imine (C=N–C) groups is 1. The van der Waals surface area contributed by atoms with Crippen molar-refractivity contribution in [3.05, 3.63) is 29.8 Å². The molecule has 3 unspecified atom stereocenters. The topological polar surface area (TPSA) is 101 Å². The minimum atomic E-state index is -0.841. The lowest BCUT2D eigenvalue weighted by atomic mass is 10.1. The van der Waals surface area contributed by atoms with Crippen LogP contribution in [0, 0.1) is 6.92 Å². The van der Waals surface area contributed by atoms with E-state index in [-0.39, 0.29) is 13.2 Å². The summed E-state index contributed by atoms with van der Waals surface area (Å²) in [7, 11) is 1.64. The predicted molar refractivity (Wildman–Crippen MR) is 119 cm³/mol. The van der Waals surface area contributed by atoms with Crippen LogP contribution in [-0.4, -0.2) is 114 Å². The van der Waals surface area contributed by atoms with Crippen LogP contribution in [-0.2, 0) is 4.79 Å². The number of aliphatic hydroxyl groups excluding tert-OH is 1. The molecule has 0 bridgehead atoms. The maximum atomic E-state index is 12.8. The summed E-state index contributed by atoms with van der Waals surface area (Å²) in [5, 5.41) is 13.2. The maximum Gasteiger partial charge on any atom is 0.325 e. The number of urea groups is 1. The fraction of sp³-hybridized carbons (Fsp3) is 0.591. The van der Waals surface area contributed by atoms with Gasteiger partial charge in [0.15, 0.2) is 18.2 Å². The number of piperazine rings is 1. The highest BCUT2D eigenvalue weighted by molar-refractivity contribution is 6.03. The second-order valence-electron chi connectivity index (χ2n) is 8.50. The van der Waals surface area contributed by atoms with E-state index in [4.69, 9.17) is 9.73 Å². The fourth-order valence-corrected chi connectivity index (χ4v) is 4.42. The van der Waals surface area contributed by atoms with Gasteiger partial charge in [-0.15, -0.1) is 0 Å². The number of likely N-dealkylation sites (N-methyl/N-ethyl adjacent to an activating group) is 2. The molecule has 2 N–H and O–H groups in total. The number of nitrogens with zero attached hydrogens (tertiary/aromatic N) is 5. The van der Waals surface area contributed by atoms with Crippen LogP contribution in [0.2, 0.25) is 0 Å². The Hall–Kier alpha value is -2.85. The number of carbonyl (C=O) groups excluding carboxylic acids is 2. The first kappa shape index (κ1) is 22.3. The minimum Gasteiger partial charge on any atom is -0.491 e. The number of fused-ring (bicyclic) bond motifs is 1. The number of aliphatic hydroxyl groups is 1. The van der Waals surface area contributed by atoms with Gasteiger partial charge in [0.1, 0.15) is 18.5 Å². The van der Waals surface area contributed by atoms with Crippen molar-refractivity contribution in [1.29, 1.82) is 0 Å². The molecular formula is C22H32N6O4. The average molecular weight is 445 g/mol. The summed E-state index contributed by atoms with van der Waals surface area (Å²) in [4.78, 5) is 37.5. The molecule has 0 spiro atoms. The number of para-hydroxylation sites is 1. The summed E-state index contributed by atoms with van der Waals surface area (Å²) >= 11 is 0. The molecule has 4 rings (SSSR count). The Morgan fingerprint density at radius 1 is 1.22 bits per heavy atom. The standard InChI is InChI=1S/C22H32N6O4/c1-4-26-9-11-27(12-10-26)21-23-19-18(20(30)24-22(31)25(19)3)28(21)13-16(29)14-32-17-8-6-5-7-15(17)2/h5-8,16,18-19,29H,4,9-14H2,1-3H3,(H,24,30,31). The highest BCUT2D eigenvalue weighted by atomic mass is 16.5. The Labute approximate surface area is 188 Å². The van der Waals surface area contributed by atoms with E-state index in [2.05, 4.69) is 22.0 Å². The van der Waals surface area contributed by atoms with Gasteiger partial charge in [0.05, 0.1) is 6.54 Å². The Morgan fingerprint density at radius 2 is 1.94 bits per heavy atom. The summed E-state index contributed by atoms with van der Waals surface area (Å²) < 4.78 is 5.82. The number of benzene rings is 1. The number of nitrogens with one attached hydrogen (secondary N) is 1. The second-order valence-corrected chi connectivity index (χ2v) is 8.50. The van der Waals surface area contributed by atoms with Gasteiger partial charge in [0, 0.05) is 33.2 Å². The van der Waals surface area contributed by atoms with E-state index in [9.17, 15) is 14.7 Å². The third-order valence-corrected chi connectivity index (χ3v) is 6.37. The Balaban J connectivity index is 1.50. The Morgan fingerprint density at radius 3 is 2.62 bits per heavy atom. The summed E-state index contributed by atoms with van der Waals surface area (Å²) in [5.41, 5.74) is 0.990. The molecule has 0 saturated carbocycles. The molecule has 3 amide bonds. The van der Waals surface area contributed by atoms with Gasteiger partial charge >= 0.3 is 6.03 Å². The zero-order valence-electron chi connectivity index (χ0n) is 18.9. The van der Waals surface area contributed by atoms with E-state index >= 15 is 0 Å². The molecule has 0 aromatic heterocycles. The van der Waals surface area contributed by atoms with Crippen molar-refractivity contribution in [2.24, 2.45) is 4.99 Å². The summed E-state index contributed by atoms with van der Waals surface area (Å²) in [6.45, 7) is 8.70. The number of rotatable bonds is 6. The molecule has 2 saturated heterocycles. The number of imide groups is 1. The van der Waals surface area contributed by atoms with Gasteiger partial charge in [-0.2, -0.15) is 0 Å². The van der Waals surface area contributed by atoms with Crippen molar-refractivity contribution in [1.82, 2.24) is 24.9 Å². The van der Waals surface area contributed by atoms with Crippen molar-refractivity contribution in [3.8, 4) is 5.75 Å². The monoisotopic (exact) mass is 444 g/mol. The van der Waals surface area contributed by atoms with Crippen LogP contribution < -0.4 is 10.1 Å². The molecule has 3 heterocycles. The second kappa shape index (κ2) is 9.33. The van der Waals surface area contributed by atoms with E-state index < -0.39 is 30.2 Å². The normalized spacial score (nSPS) is 24.9. The number of β-amino-alcohol motifs (C(OH)–C–C–N with tert-alkyl or cyclic N) is 1. The van der Waals surface area contributed by atoms with Gasteiger partial charge in [0.2, 0.25) is 0 Å². The Bertz CT molecular complexity index is 885. The number of carbonyl (C=O) groups is 2. The zero-order valence-corrected chi connectivity index (χ0v) is 18.9. The molecular weight excluding hydrogens is 412 g/mol. The Kier molecular flexibility index (Phi) is 6.52. The largest absolute Gasteiger partial charge is 0.491 e. The van der Waals surface area contributed by atoms with E-state index in [0.29, 0.717) is 5.96 Å². The maximum absolute atomic E-state index is 12.8. The van der Waals surface area contributed by atoms with E-state index in [1.54, 1.807) is 7.05 Å². The van der Waals surface area contributed by atoms with Gasteiger partial charge in [-0.3, -0.25) is 10.1 Å². The lowest BCUT2D eigenvalue weighted by Gasteiger charge is -2.40. The summed E-state index contributed by atoms with van der Waals surface area (Å²) in [6, 6.07) is 6.50. The third kappa shape index (κ3) is 4.37. The predicted octanol–water partition coefficient (Wildman–Crippen LogP) is -0.0799. The molecule has 10 nitrogen and oxygen atoms in total. The van der Waals surface area contributed by atoms with Crippen LogP contribution in [0.25, 0.3) is 0 Å². The van der Waals surface area contributed by atoms with Crippen molar-refractivity contribution < 1.29 is 19.4 Å². The van der Waals surface area contributed by atoms with Crippen LogP contribution in [0.4, 0.5) is 4.79 Å². The summed E-state index contributed by atoms with van der Waals surface area (Å²) in [6.07, 6.45) is -1.45. The number of aryl methyl sites for hydroxylation is 1. The highest BCUT2D eigenvalue weighted by Crippen LogP contribution is 2.26. The van der Waals surface area contributed by atoms with E-state index in [1.807, 2.05) is 36.1 Å². The highest BCUT2D eigenvalue weighted by Gasteiger charge is 2.50. The van der Waals surface area contributed by atoms with Crippen LogP contribution in [0.5, 0.6) is 5.75 Å². The van der Waals surface area contributed by atoms with Gasteiger partial charge < -0.3 is 29.4 Å². The molecule has 32 heavy (non-hydrogen) atoms. The van der Waals surface area contributed by atoms with Gasteiger partial charge in [0.25, 0.3) is 5.91 Å². The molecule has 174 valence electrons. The van der Waals surface area contributed by atoms with Crippen molar-refractivity contribution >= 4 is 17.9 Å². The number of amides is 3. The molecule has 3 atom stereocenters. The third-order valence-electron chi connectivity index (χ3n) is 6.37. The fourth-order valence-electron chi connectivity index (χ4n) is 4.42. The molecule has 3 aliphatic rings. The first-order valence-corrected chi connectivity index (χ1v) is 11.1. The molecule has 2 fully saturated rings. The number of ether oxygens (including phenoxy) is 1. The van der Waals surface area contributed by atoms with Crippen LogP contribution in [0.15, 0.2) is 29.3 Å². The van der Waals surface area contributed by atoms with Crippen molar-refractivity contribution in [3.63, 3.8) is 0 Å². The number of hydrogen-bond acceptors (Lipinski definition) is 8. The molecule has 0 radical (unpaired) electrons. The molecule has 10 heteroatoms. The molecule has 1 aromatic carbocycles. The lowest BCUT2D eigenvalue weighted by Crippen LogP contribution is -2.65. The summed E-state index contributed by atoms with van der Waals surface area (Å²) in [5.74, 6) is 0.981. The van der Waals surface area contributed by atoms with E-state index in [0.717, 1.165) is 44.0 Å². The van der Waals surface area contributed by atoms with Crippen molar-refractivity contribution in [2.75, 3.05) is 52.9 Å². The van der Waals surface area contributed by atoms with Crippen molar-refractivity contribution in [2.45, 2.75) is 32.2 Å². The lowest BCUT2D eigenvalue weighted by molar-refractivity contribution is -0.127.